The highest BCUT2D eigenvalue weighted by Gasteiger charge is 2.25. The van der Waals surface area contributed by atoms with E-state index in [1.54, 1.807) is 11.0 Å². The van der Waals surface area contributed by atoms with Crippen LogP contribution in [0.2, 0.25) is 5.02 Å². The molecule has 0 aliphatic carbocycles. The minimum Gasteiger partial charge on any atom is -0.352 e. The molecular formula is C18H18BrClN6O. The van der Waals surface area contributed by atoms with Crippen molar-refractivity contribution in [3.63, 3.8) is 0 Å². The number of amides is 1. The third-order valence-electron chi connectivity index (χ3n) is 4.73. The summed E-state index contributed by atoms with van der Waals surface area (Å²) in [6.07, 6.45) is 1.93. The lowest BCUT2D eigenvalue weighted by atomic mass is 10.1. The largest absolute Gasteiger partial charge is 0.352 e. The van der Waals surface area contributed by atoms with Crippen molar-refractivity contribution in [1.82, 2.24) is 24.6 Å². The van der Waals surface area contributed by atoms with Gasteiger partial charge in [0, 0.05) is 38.2 Å². The molecule has 4 rings (SSSR count). The first-order valence-corrected chi connectivity index (χ1v) is 9.80. The topological polar surface area (TPSA) is 67.2 Å². The van der Waals surface area contributed by atoms with Gasteiger partial charge in [0.05, 0.1) is 11.8 Å². The summed E-state index contributed by atoms with van der Waals surface area (Å²) in [5, 5.41) is 5.93. The van der Waals surface area contributed by atoms with Crippen LogP contribution in [0.25, 0.3) is 11.0 Å². The number of hydrogen-bond donors (Lipinski definition) is 0. The number of rotatable bonds is 3. The lowest BCUT2D eigenvalue weighted by Gasteiger charge is -2.35. The summed E-state index contributed by atoms with van der Waals surface area (Å²) in [6, 6.07) is 7.45. The molecule has 0 bridgehead atoms. The second kappa shape index (κ2) is 7.44. The van der Waals surface area contributed by atoms with Crippen LogP contribution in [-0.4, -0.2) is 56.7 Å². The van der Waals surface area contributed by atoms with E-state index in [1.165, 1.54) is 0 Å². The van der Waals surface area contributed by atoms with Gasteiger partial charge >= 0.3 is 0 Å². The second-order valence-corrected chi connectivity index (χ2v) is 7.67. The lowest BCUT2D eigenvalue weighted by Crippen LogP contribution is -2.49. The van der Waals surface area contributed by atoms with Crippen molar-refractivity contribution in [2.75, 3.05) is 31.1 Å². The highest BCUT2D eigenvalue weighted by molar-refractivity contribution is 9.10. The van der Waals surface area contributed by atoms with Crippen LogP contribution in [0.5, 0.6) is 0 Å². The van der Waals surface area contributed by atoms with Crippen LogP contribution in [0.3, 0.4) is 0 Å². The Morgan fingerprint density at radius 2 is 2.00 bits per heavy atom. The summed E-state index contributed by atoms with van der Waals surface area (Å²) in [6.45, 7) is 2.75. The number of anilines is 1. The predicted molar refractivity (Wildman–Crippen MR) is 108 cm³/mol. The van der Waals surface area contributed by atoms with E-state index >= 15 is 0 Å². The van der Waals surface area contributed by atoms with E-state index in [-0.39, 0.29) is 5.91 Å². The van der Waals surface area contributed by atoms with E-state index in [9.17, 15) is 4.79 Å². The number of aryl methyl sites for hydroxylation is 1. The minimum absolute atomic E-state index is 0.118. The smallest absolute Gasteiger partial charge is 0.227 e. The fraction of sp³-hybridized carbons (Fsp3) is 0.333. The zero-order valence-corrected chi connectivity index (χ0v) is 17.1. The summed E-state index contributed by atoms with van der Waals surface area (Å²) in [5.41, 5.74) is 1.72. The molecule has 27 heavy (non-hydrogen) atoms. The highest BCUT2D eigenvalue weighted by atomic mass is 79.9. The summed E-state index contributed by atoms with van der Waals surface area (Å²) < 4.78 is 2.46. The zero-order chi connectivity index (χ0) is 19.0. The maximum Gasteiger partial charge on any atom is 0.227 e. The number of halogens is 2. The fourth-order valence-electron chi connectivity index (χ4n) is 3.37. The van der Waals surface area contributed by atoms with Crippen LogP contribution in [-0.2, 0) is 18.3 Å². The standard InChI is InChI=1S/C18H18BrClN6O/c1-24-17-15(16(19)23-24)18(22-11-21-17)26-7-5-25(6-8-26)14(27)10-12-3-2-4-13(20)9-12/h2-4,9,11H,5-8,10H2,1H3. The van der Waals surface area contributed by atoms with Crippen molar-refractivity contribution in [3.8, 4) is 0 Å². The van der Waals surface area contributed by atoms with Gasteiger partial charge in [-0.25, -0.2) is 14.6 Å². The Balaban J connectivity index is 1.46. The Morgan fingerprint density at radius 1 is 1.22 bits per heavy atom. The van der Waals surface area contributed by atoms with Crippen LogP contribution < -0.4 is 4.90 Å². The minimum atomic E-state index is 0.118. The number of piperazine rings is 1. The molecule has 1 saturated heterocycles. The molecule has 2 aromatic heterocycles. The number of hydrogen-bond acceptors (Lipinski definition) is 5. The SMILES string of the molecule is Cn1nc(Br)c2c(N3CCN(C(=O)Cc4cccc(Cl)c4)CC3)ncnc21. The van der Waals surface area contributed by atoms with Gasteiger partial charge in [-0.2, -0.15) is 5.10 Å². The average Bonchev–Trinajstić information content (AvgIpc) is 2.96. The summed E-state index contributed by atoms with van der Waals surface area (Å²) in [5.74, 6) is 0.967. The Kier molecular flexibility index (Phi) is 5.01. The molecular weight excluding hydrogens is 432 g/mol. The third-order valence-corrected chi connectivity index (χ3v) is 5.52. The van der Waals surface area contributed by atoms with Crippen molar-refractivity contribution >= 4 is 50.3 Å². The quantitative estimate of drug-likeness (QED) is 0.615. The van der Waals surface area contributed by atoms with E-state index in [0.717, 1.165) is 27.0 Å². The van der Waals surface area contributed by atoms with Gasteiger partial charge in [0.15, 0.2) is 5.65 Å². The zero-order valence-electron chi connectivity index (χ0n) is 14.8. The summed E-state index contributed by atoms with van der Waals surface area (Å²) in [4.78, 5) is 25.5. The molecule has 140 valence electrons. The van der Waals surface area contributed by atoms with Gasteiger partial charge in [-0.15, -0.1) is 0 Å². The average molecular weight is 450 g/mol. The van der Waals surface area contributed by atoms with Crippen molar-refractivity contribution in [3.05, 3.63) is 45.8 Å². The molecule has 0 N–H and O–H groups in total. The molecule has 7 nitrogen and oxygen atoms in total. The Hall–Kier alpha value is -2.19. The summed E-state index contributed by atoms with van der Waals surface area (Å²) >= 11 is 9.51. The number of aromatic nitrogens is 4. The molecule has 1 aliphatic heterocycles. The second-order valence-electron chi connectivity index (χ2n) is 6.48. The highest BCUT2D eigenvalue weighted by Crippen LogP contribution is 2.30. The van der Waals surface area contributed by atoms with E-state index < -0.39 is 0 Å². The van der Waals surface area contributed by atoms with E-state index in [1.807, 2.05) is 36.2 Å². The Labute approximate surface area is 170 Å². The first-order valence-electron chi connectivity index (χ1n) is 8.63. The van der Waals surface area contributed by atoms with Gasteiger partial charge in [0.1, 0.15) is 16.7 Å². The first kappa shape index (κ1) is 18.2. The van der Waals surface area contributed by atoms with Crippen LogP contribution >= 0.6 is 27.5 Å². The molecule has 0 atom stereocenters. The van der Waals surface area contributed by atoms with Crippen molar-refractivity contribution in [2.45, 2.75) is 6.42 Å². The monoisotopic (exact) mass is 448 g/mol. The molecule has 0 radical (unpaired) electrons. The fourth-order valence-corrected chi connectivity index (χ4v) is 4.17. The molecule has 1 aromatic carbocycles. The molecule has 3 aromatic rings. The van der Waals surface area contributed by atoms with Gasteiger partial charge in [-0.3, -0.25) is 4.79 Å². The number of carbonyl (C=O) groups excluding carboxylic acids is 1. The van der Waals surface area contributed by atoms with Crippen LogP contribution in [0.15, 0.2) is 35.2 Å². The van der Waals surface area contributed by atoms with Crippen molar-refractivity contribution < 1.29 is 4.79 Å². The Morgan fingerprint density at radius 3 is 2.74 bits per heavy atom. The lowest BCUT2D eigenvalue weighted by molar-refractivity contribution is -0.130. The molecule has 1 fully saturated rings. The maximum atomic E-state index is 12.6. The van der Waals surface area contributed by atoms with Gasteiger partial charge < -0.3 is 9.80 Å². The number of fused-ring (bicyclic) bond motifs is 1. The normalized spacial score (nSPS) is 14.8. The molecule has 0 saturated carbocycles. The van der Waals surface area contributed by atoms with Crippen LogP contribution in [0.1, 0.15) is 5.56 Å². The molecule has 3 heterocycles. The number of carbonyl (C=O) groups is 1. The summed E-state index contributed by atoms with van der Waals surface area (Å²) in [7, 11) is 1.86. The molecule has 1 aliphatic rings. The molecule has 0 spiro atoms. The van der Waals surface area contributed by atoms with E-state index in [4.69, 9.17) is 11.6 Å². The van der Waals surface area contributed by atoms with E-state index in [2.05, 4.69) is 35.9 Å². The first-order chi connectivity index (χ1) is 13.0. The maximum absolute atomic E-state index is 12.6. The number of nitrogens with zero attached hydrogens (tertiary/aromatic N) is 6. The predicted octanol–water partition coefficient (Wildman–Crippen LogP) is 2.67. The third kappa shape index (κ3) is 3.64. The van der Waals surface area contributed by atoms with E-state index in [0.29, 0.717) is 37.6 Å². The number of benzene rings is 1. The van der Waals surface area contributed by atoms with Gasteiger partial charge in [0.2, 0.25) is 5.91 Å². The molecule has 1 amide bonds. The molecule has 9 heteroatoms. The van der Waals surface area contributed by atoms with Gasteiger partial charge in [0.25, 0.3) is 0 Å². The van der Waals surface area contributed by atoms with Crippen LogP contribution in [0, 0.1) is 0 Å². The Bertz CT molecular complexity index is 999. The van der Waals surface area contributed by atoms with Crippen molar-refractivity contribution in [2.24, 2.45) is 7.05 Å². The van der Waals surface area contributed by atoms with Crippen molar-refractivity contribution in [1.29, 1.82) is 0 Å². The molecule has 0 unspecified atom stereocenters. The van der Waals surface area contributed by atoms with Crippen LogP contribution in [0.4, 0.5) is 5.82 Å². The van der Waals surface area contributed by atoms with Gasteiger partial charge in [-0.05, 0) is 33.6 Å². The van der Waals surface area contributed by atoms with Gasteiger partial charge in [-0.1, -0.05) is 23.7 Å².